The number of aliphatic hydroxyl groups excluding tert-OH is 1. The number of methoxy groups -OCH3 is 1. The summed E-state index contributed by atoms with van der Waals surface area (Å²) >= 11 is 0. The molecule has 0 amide bonds. The fourth-order valence-corrected chi connectivity index (χ4v) is 0.869. The average Bonchev–Trinajstić information content (AvgIpc) is 2.17. The molecule has 0 spiro atoms. The van der Waals surface area contributed by atoms with Crippen LogP contribution in [0.15, 0.2) is 18.6 Å². The van der Waals surface area contributed by atoms with Crippen LogP contribution in [0.1, 0.15) is 0 Å². The molecule has 1 heterocycles. The lowest BCUT2D eigenvalue weighted by atomic mass is 10.4. The lowest BCUT2D eigenvalue weighted by Gasteiger charge is -2.10. The number of aromatic nitrogens is 2. The van der Waals surface area contributed by atoms with Crippen LogP contribution in [0.5, 0.6) is 0 Å². The summed E-state index contributed by atoms with van der Waals surface area (Å²) in [6, 6.07) is 1.74. The number of aliphatic hydroxyl groups is 1. The molecule has 0 aliphatic carbocycles. The van der Waals surface area contributed by atoms with E-state index in [0.717, 1.165) is 0 Å². The van der Waals surface area contributed by atoms with Crippen molar-refractivity contribution in [2.75, 3.05) is 25.6 Å². The molecule has 72 valence electrons. The first-order valence-corrected chi connectivity index (χ1v) is 4.00. The lowest BCUT2D eigenvalue weighted by Crippen LogP contribution is -2.24. The van der Waals surface area contributed by atoms with E-state index in [-0.39, 0.29) is 0 Å². The summed E-state index contributed by atoms with van der Waals surface area (Å²) < 4.78 is 4.77. The Kier molecular flexibility index (Phi) is 4.14. The normalized spacial score (nSPS) is 12.5. The smallest absolute Gasteiger partial charge is 0.129 e. The van der Waals surface area contributed by atoms with Gasteiger partial charge < -0.3 is 15.2 Å². The van der Waals surface area contributed by atoms with Crippen LogP contribution in [0.3, 0.4) is 0 Å². The summed E-state index contributed by atoms with van der Waals surface area (Å²) in [6.07, 6.45) is 2.57. The Labute approximate surface area is 76.8 Å². The summed E-state index contributed by atoms with van der Waals surface area (Å²) in [4.78, 5) is 7.71. The maximum Gasteiger partial charge on any atom is 0.129 e. The molecule has 2 N–H and O–H groups in total. The van der Waals surface area contributed by atoms with Crippen molar-refractivity contribution in [2.24, 2.45) is 0 Å². The molecular formula is C8H13N3O2. The molecule has 0 fully saturated rings. The maximum absolute atomic E-state index is 9.28. The molecule has 0 saturated carbocycles. The van der Waals surface area contributed by atoms with Crippen LogP contribution in [0.4, 0.5) is 5.82 Å². The highest BCUT2D eigenvalue weighted by Crippen LogP contribution is 1.97. The first kappa shape index (κ1) is 9.88. The zero-order valence-corrected chi connectivity index (χ0v) is 7.47. The third kappa shape index (κ3) is 3.82. The summed E-state index contributed by atoms with van der Waals surface area (Å²) in [5.74, 6) is 0.699. The van der Waals surface area contributed by atoms with E-state index in [1.807, 2.05) is 0 Å². The molecule has 0 aliphatic heterocycles. The Hall–Kier alpha value is -1.20. The van der Waals surface area contributed by atoms with Gasteiger partial charge in [-0.1, -0.05) is 0 Å². The molecule has 1 unspecified atom stereocenters. The molecule has 1 aromatic rings. The summed E-state index contributed by atoms with van der Waals surface area (Å²) in [6.45, 7) is 0.739. The van der Waals surface area contributed by atoms with Crippen molar-refractivity contribution in [1.29, 1.82) is 0 Å². The summed E-state index contributed by atoms with van der Waals surface area (Å²) in [5.41, 5.74) is 0. The minimum atomic E-state index is -0.514. The quantitative estimate of drug-likeness (QED) is 0.667. The van der Waals surface area contributed by atoms with Gasteiger partial charge in [0.15, 0.2) is 0 Å². The van der Waals surface area contributed by atoms with Crippen molar-refractivity contribution in [1.82, 2.24) is 9.97 Å². The second-order valence-electron chi connectivity index (χ2n) is 2.58. The summed E-state index contributed by atoms with van der Waals surface area (Å²) in [7, 11) is 1.55. The minimum Gasteiger partial charge on any atom is -0.389 e. The van der Waals surface area contributed by atoms with Gasteiger partial charge in [-0.15, -0.1) is 0 Å². The fourth-order valence-electron chi connectivity index (χ4n) is 0.869. The van der Waals surface area contributed by atoms with Crippen LogP contribution in [-0.2, 0) is 4.74 Å². The first-order valence-electron chi connectivity index (χ1n) is 4.00. The third-order valence-electron chi connectivity index (χ3n) is 1.46. The molecule has 0 aliphatic rings. The molecule has 0 saturated heterocycles. The second-order valence-corrected chi connectivity index (χ2v) is 2.58. The number of nitrogens with zero attached hydrogens (tertiary/aromatic N) is 2. The van der Waals surface area contributed by atoms with Gasteiger partial charge in [-0.3, -0.25) is 0 Å². The molecule has 0 radical (unpaired) electrons. The number of rotatable bonds is 5. The van der Waals surface area contributed by atoms with E-state index in [9.17, 15) is 5.11 Å². The van der Waals surface area contributed by atoms with Crippen LogP contribution < -0.4 is 5.32 Å². The van der Waals surface area contributed by atoms with Gasteiger partial charge in [0, 0.05) is 19.9 Å². The van der Waals surface area contributed by atoms with Gasteiger partial charge in [0.05, 0.1) is 12.7 Å². The Bertz CT molecular complexity index is 230. The van der Waals surface area contributed by atoms with Crippen LogP contribution >= 0.6 is 0 Å². The Morgan fingerprint density at radius 1 is 1.69 bits per heavy atom. The molecular weight excluding hydrogens is 170 g/mol. The van der Waals surface area contributed by atoms with Crippen LogP contribution in [0, 0.1) is 0 Å². The molecule has 1 aromatic heterocycles. The van der Waals surface area contributed by atoms with E-state index in [2.05, 4.69) is 15.3 Å². The van der Waals surface area contributed by atoms with E-state index >= 15 is 0 Å². The van der Waals surface area contributed by atoms with Gasteiger partial charge in [-0.25, -0.2) is 9.97 Å². The van der Waals surface area contributed by atoms with Crippen LogP contribution in [0.25, 0.3) is 0 Å². The van der Waals surface area contributed by atoms with E-state index in [1.54, 1.807) is 19.4 Å². The zero-order chi connectivity index (χ0) is 9.52. The topological polar surface area (TPSA) is 67.3 Å². The molecule has 0 bridgehead atoms. The predicted octanol–water partition coefficient (Wildman–Crippen LogP) is -0.104. The largest absolute Gasteiger partial charge is 0.389 e. The number of ether oxygens (including phenoxy) is 1. The van der Waals surface area contributed by atoms with Gasteiger partial charge in [0.25, 0.3) is 0 Å². The Morgan fingerprint density at radius 3 is 3.15 bits per heavy atom. The van der Waals surface area contributed by atoms with Gasteiger partial charge >= 0.3 is 0 Å². The third-order valence-corrected chi connectivity index (χ3v) is 1.46. The van der Waals surface area contributed by atoms with E-state index in [1.165, 1.54) is 6.33 Å². The Balaban J connectivity index is 2.27. The number of anilines is 1. The minimum absolute atomic E-state index is 0.318. The maximum atomic E-state index is 9.28. The lowest BCUT2D eigenvalue weighted by molar-refractivity contribution is 0.0727. The highest BCUT2D eigenvalue weighted by atomic mass is 16.5. The predicted molar refractivity (Wildman–Crippen MR) is 48.4 cm³/mol. The standard InChI is InChI=1S/C8H13N3O2/c1-13-5-7(12)4-10-8-2-3-9-6-11-8/h2-3,6-7,12H,4-5H2,1H3,(H,9,10,11). The van der Waals surface area contributed by atoms with Gasteiger partial charge in [0.2, 0.25) is 0 Å². The van der Waals surface area contributed by atoms with Crippen molar-refractivity contribution in [2.45, 2.75) is 6.10 Å². The van der Waals surface area contributed by atoms with E-state index in [0.29, 0.717) is 19.0 Å². The molecule has 1 rings (SSSR count). The van der Waals surface area contributed by atoms with E-state index < -0.39 is 6.10 Å². The van der Waals surface area contributed by atoms with Crippen molar-refractivity contribution >= 4 is 5.82 Å². The van der Waals surface area contributed by atoms with Gasteiger partial charge in [-0.2, -0.15) is 0 Å². The SMILES string of the molecule is COCC(O)CNc1ccncn1. The summed E-state index contributed by atoms with van der Waals surface area (Å²) in [5, 5.41) is 12.2. The fraction of sp³-hybridized carbons (Fsp3) is 0.500. The number of hydrogen-bond acceptors (Lipinski definition) is 5. The molecule has 0 aromatic carbocycles. The first-order chi connectivity index (χ1) is 6.33. The van der Waals surface area contributed by atoms with Gasteiger partial charge in [0.1, 0.15) is 12.1 Å². The Morgan fingerprint density at radius 2 is 2.54 bits per heavy atom. The van der Waals surface area contributed by atoms with Gasteiger partial charge in [-0.05, 0) is 6.07 Å². The average molecular weight is 183 g/mol. The number of nitrogens with one attached hydrogen (secondary N) is 1. The van der Waals surface area contributed by atoms with Crippen molar-refractivity contribution in [3.63, 3.8) is 0 Å². The zero-order valence-electron chi connectivity index (χ0n) is 7.47. The highest BCUT2D eigenvalue weighted by molar-refractivity contribution is 5.31. The number of hydrogen-bond donors (Lipinski definition) is 2. The molecule has 1 atom stereocenters. The van der Waals surface area contributed by atoms with Crippen LogP contribution in [-0.4, -0.2) is 41.4 Å². The van der Waals surface area contributed by atoms with Crippen molar-refractivity contribution in [3.05, 3.63) is 18.6 Å². The van der Waals surface area contributed by atoms with E-state index in [4.69, 9.17) is 4.74 Å². The van der Waals surface area contributed by atoms with Crippen molar-refractivity contribution in [3.8, 4) is 0 Å². The molecule has 13 heavy (non-hydrogen) atoms. The second kappa shape index (κ2) is 5.45. The molecule has 5 heteroatoms. The monoisotopic (exact) mass is 183 g/mol. The highest BCUT2D eigenvalue weighted by Gasteiger charge is 2.02. The van der Waals surface area contributed by atoms with Crippen LogP contribution in [0.2, 0.25) is 0 Å². The van der Waals surface area contributed by atoms with Crippen molar-refractivity contribution < 1.29 is 9.84 Å². The molecule has 5 nitrogen and oxygen atoms in total.